The number of rotatable bonds is 8. The number of hydrogen-bond donors (Lipinski definition) is 2. The maximum atomic E-state index is 12.6. The van der Waals surface area contributed by atoms with Crippen LogP contribution in [-0.4, -0.2) is 42.1 Å². The largest absolute Gasteiger partial charge is 0.454 e. The molecule has 2 aromatic rings. The molecule has 1 saturated heterocycles. The number of nitrogens with one attached hydrogen (secondary N) is 2. The van der Waals surface area contributed by atoms with Gasteiger partial charge in [0, 0.05) is 13.0 Å². The smallest absolute Gasteiger partial charge is 0.325 e. The Balaban J connectivity index is 1.24. The van der Waals surface area contributed by atoms with Crippen molar-refractivity contribution in [1.29, 1.82) is 0 Å². The van der Waals surface area contributed by atoms with Crippen molar-refractivity contribution in [2.75, 3.05) is 13.3 Å². The van der Waals surface area contributed by atoms with Gasteiger partial charge >= 0.3 is 6.03 Å². The van der Waals surface area contributed by atoms with E-state index in [0.717, 1.165) is 22.4 Å². The van der Waals surface area contributed by atoms with Gasteiger partial charge in [0.25, 0.3) is 5.91 Å². The molecule has 2 heterocycles. The molecular formula is C22H23N3O5. The van der Waals surface area contributed by atoms with Crippen LogP contribution >= 0.6 is 0 Å². The fourth-order valence-electron chi connectivity index (χ4n) is 3.50. The average Bonchev–Trinajstić information content (AvgIpc) is 3.32. The monoisotopic (exact) mass is 409 g/mol. The number of hydrogen-bond acceptors (Lipinski definition) is 5. The van der Waals surface area contributed by atoms with Gasteiger partial charge in [0.05, 0.1) is 6.54 Å². The minimum absolute atomic E-state index is 0.137. The number of carbonyl (C=O) groups excluding carboxylic acids is 3. The molecule has 0 spiro atoms. The van der Waals surface area contributed by atoms with E-state index in [1.54, 1.807) is 18.2 Å². The van der Waals surface area contributed by atoms with E-state index in [4.69, 9.17) is 9.47 Å². The van der Waals surface area contributed by atoms with E-state index in [-0.39, 0.29) is 38.0 Å². The van der Waals surface area contributed by atoms with Crippen molar-refractivity contribution in [3.8, 4) is 11.5 Å². The molecular weight excluding hydrogens is 386 g/mol. The van der Waals surface area contributed by atoms with Crippen LogP contribution < -0.4 is 20.1 Å². The number of ether oxygens (including phenoxy) is 2. The van der Waals surface area contributed by atoms with Crippen molar-refractivity contribution >= 4 is 17.8 Å². The second-order valence-electron chi connectivity index (χ2n) is 7.24. The van der Waals surface area contributed by atoms with Gasteiger partial charge in [-0.25, -0.2) is 4.79 Å². The summed E-state index contributed by atoms with van der Waals surface area (Å²) in [5, 5.41) is 5.52. The van der Waals surface area contributed by atoms with E-state index in [2.05, 4.69) is 10.6 Å². The summed E-state index contributed by atoms with van der Waals surface area (Å²) in [6.45, 7) is 0.836. The average molecular weight is 409 g/mol. The van der Waals surface area contributed by atoms with Crippen LogP contribution in [0.25, 0.3) is 0 Å². The third kappa shape index (κ3) is 4.53. The van der Waals surface area contributed by atoms with Crippen LogP contribution in [0, 0.1) is 0 Å². The Morgan fingerprint density at radius 2 is 1.87 bits per heavy atom. The third-order valence-corrected chi connectivity index (χ3v) is 5.12. The fourth-order valence-corrected chi connectivity index (χ4v) is 3.50. The molecule has 0 saturated carbocycles. The standard InChI is InChI=1S/C22H23N3O5/c26-20(23-11-10-15-4-2-1-3-5-15)9-7-17-21(27)25(22(28)24-17)13-16-6-8-18-19(12-16)30-14-29-18/h1-6,8,12,17H,7,9-11,13-14H2,(H,23,26)(H,24,28)/t17-/m1/s1. The number of amides is 4. The van der Waals surface area contributed by atoms with E-state index >= 15 is 0 Å². The summed E-state index contributed by atoms with van der Waals surface area (Å²) in [6.07, 6.45) is 1.18. The lowest BCUT2D eigenvalue weighted by atomic mass is 10.1. The molecule has 0 aromatic heterocycles. The summed E-state index contributed by atoms with van der Waals surface area (Å²) >= 11 is 0. The van der Waals surface area contributed by atoms with Crippen LogP contribution in [0.1, 0.15) is 24.0 Å². The lowest BCUT2D eigenvalue weighted by Crippen LogP contribution is -2.33. The van der Waals surface area contributed by atoms with Gasteiger partial charge in [-0.05, 0) is 36.1 Å². The normalized spacial score (nSPS) is 17.2. The summed E-state index contributed by atoms with van der Waals surface area (Å²) in [6, 6.07) is 14.1. The SMILES string of the molecule is O=C(CC[C@H]1NC(=O)N(Cc2ccc3c(c2)OCO3)C1=O)NCCc1ccccc1. The minimum Gasteiger partial charge on any atom is -0.454 e. The van der Waals surface area contributed by atoms with Gasteiger partial charge in [0.2, 0.25) is 12.7 Å². The molecule has 30 heavy (non-hydrogen) atoms. The minimum atomic E-state index is -0.689. The second-order valence-corrected chi connectivity index (χ2v) is 7.24. The van der Waals surface area contributed by atoms with Gasteiger partial charge in [0.1, 0.15) is 6.04 Å². The molecule has 2 aliphatic heterocycles. The molecule has 2 N–H and O–H groups in total. The van der Waals surface area contributed by atoms with Crippen LogP contribution in [0.15, 0.2) is 48.5 Å². The van der Waals surface area contributed by atoms with E-state index in [1.807, 2.05) is 30.3 Å². The Morgan fingerprint density at radius 1 is 1.07 bits per heavy atom. The summed E-state index contributed by atoms with van der Waals surface area (Å²) in [7, 11) is 0. The predicted molar refractivity (Wildman–Crippen MR) is 108 cm³/mol. The maximum absolute atomic E-state index is 12.6. The van der Waals surface area contributed by atoms with Crippen molar-refractivity contribution in [3.05, 3.63) is 59.7 Å². The second kappa shape index (κ2) is 8.86. The van der Waals surface area contributed by atoms with E-state index < -0.39 is 12.1 Å². The topological polar surface area (TPSA) is 97.0 Å². The highest BCUT2D eigenvalue weighted by molar-refractivity contribution is 6.04. The van der Waals surface area contributed by atoms with Gasteiger partial charge in [0.15, 0.2) is 11.5 Å². The molecule has 4 rings (SSSR count). The first-order chi connectivity index (χ1) is 14.6. The number of benzene rings is 2. The predicted octanol–water partition coefficient (Wildman–Crippen LogP) is 1.97. The van der Waals surface area contributed by atoms with E-state index in [1.165, 1.54) is 0 Å². The molecule has 2 aliphatic rings. The lowest BCUT2D eigenvalue weighted by Gasteiger charge is -2.13. The summed E-state index contributed by atoms with van der Waals surface area (Å²) in [5.74, 6) is 0.785. The van der Waals surface area contributed by atoms with Gasteiger partial charge in [-0.1, -0.05) is 36.4 Å². The van der Waals surface area contributed by atoms with Crippen LogP contribution in [0.2, 0.25) is 0 Å². The van der Waals surface area contributed by atoms with Gasteiger partial charge < -0.3 is 20.1 Å². The molecule has 8 nitrogen and oxygen atoms in total. The number of fused-ring (bicyclic) bond motifs is 1. The molecule has 0 aliphatic carbocycles. The lowest BCUT2D eigenvalue weighted by molar-refractivity contribution is -0.128. The molecule has 2 aromatic carbocycles. The third-order valence-electron chi connectivity index (χ3n) is 5.12. The van der Waals surface area contributed by atoms with Crippen LogP contribution in [0.5, 0.6) is 11.5 Å². The van der Waals surface area contributed by atoms with Crippen LogP contribution in [0.3, 0.4) is 0 Å². The van der Waals surface area contributed by atoms with Crippen molar-refractivity contribution in [2.24, 2.45) is 0 Å². The fraction of sp³-hybridized carbons (Fsp3) is 0.318. The molecule has 8 heteroatoms. The van der Waals surface area contributed by atoms with Crippen molar-refractivity contribution < 1.29 is 23.9 Å². The first-order valence-corrected chi connectivity index (χ1v) is 9.91. The highest BCUT2D eigenvalue weighted by Crippen LogP contribution is 2.33. The van der Waals surface area contributed by atoms with Gasteiger partial charge in [-0.3, -0.25) is 14.5 Å². The Morgan fingerprint density at radius 3 is 2.70 bits per heavy atom. The first kappa shape index (κ1) is 19.8. The molecule has 156 valence electrons. The quantitative estimate of drug-likeness (QED) is 0.650. The van der Waals surface area contributed by atoms with Crippen LogP contribution in [0.4, 0.5) is 4.79 Å². The highest BCUT2D eigenvalue weighted by atomic mass is 16.7. The summed E-state index contributed by atoms with van der Waals surface area (Å²) in [5.41, 5.74) is 1.91. The summed E-state index contributed by atoms with van der Waals surface area (Å²) in [4.78, 5) is 38.1. The van der Waals surface area contributed by atoms with Gasteiger partial charge in [-0.15, -0.1) is 0 Å². The Kier molecular flexibility index (Phi) is 5.83. The van der Waals surface area contributed by atoms with Gasteiger partial charge in [-0.2, -0.15) is 0 Å². The number of urea groups is 1. The van der Waals surface area contributed by atoms with E-state index in [9.17, 15) is 14.4 Å². The molecule has 1 atom stereocenters. The maximum Gasteiger partial charge on any atom is 0.325 e. The zero-order valence-corrected chi connectivity index (χ0v) is 16.4. The Labute approximate surface area is 174 Å². The number of carbonyl (C=O) groups is 3. The zero-order valence-electron chi connectivity index (χ0n) is 16.4. The van der Waals surface area contributed by atoms with Crippen molar-refractivity contribution in [2.45, 2.75) is 31.8 Å². The van der Waals surface area contributed by atoms with Crippen molar-refractivity contribution in [3.63, 3.8) is 0 Å². The molecule has 4 amide bonds. The highest BCUT2D eigenvalue weighted by Gasteiger charge is 2.38. The van der Waals surface area contributed by atoms with Crippen LogP contribution in [-0.2, 0) is 22.6 Å². The number of imide groups is 1. The number of nitrogens with zero attached hydrogens (tertiary/aromatic N) is 1. The van der Waals surface area contributed by atoms with Crippen molar-refractivity contribution in [1.82, 2.24) is 15.5 Å². The molecule has 0 unspecified atom stereocenters. The Hall–Kier alpha value is -3.55. The Bertz CT molecular complexity index is 947. The molecule has 0 bridgehead atoms. The molecule has 1 fully saturated rings. The zero-order chi connectivity index (χ0) is 20.9. The van der Waals surface area contributed by atoms with E-state index in [0.29, 0.717) is 18.0 Å². The summed E-state index contributed by atoms with van der Waals surface area (Å²) < 4.78 is 10.6. The molecule has 0 radical (unpaired) electrons. The first-order valence-electron chi connectivity index (χ1n) is 9.91.